The molecule has 6 heteroatoms. The van der Waals surface area contributed by atoms with Gasteiger partial charge in [0.25, 0.3) is 0 Å². The van der Waals surface area contributed by atoms with Gasteiger partial charge in [0, 0.05) is 27.9 Å². The Balaban J connectivity index is 2.11. The fourth-order valence-corrected chi connectivity index (χ4v) is 3.10. The number of hydrazine groups is 1. The molecule has 0 saturated heterocycles. The molecule has 19 heavy (non-hydrogen) atoms. The van der Waals surface area contributed by atoms with Crippen molar-refractivity contribution in [2.75, 3.05) is 0 Å². The molecule has 0 aliphatic rings. The first-order chi connectivity index (χ1) is 9.10. The summed E-state index contributed by atoms with van der Waals surface area (Å²) in [5.41, 5.74) is 4.76. The second kappa shape index (κ2) is 6.68. The molecule has 0 spiro atoms. The first-order valence-electron chi connectivity index (χ1n) is 5.90. The van der Waals surface area contributed by atoms with Crippen LogP contribution < -0.4 is 11.3 Å². The molecule has 0 aliphatic heterocycles. The standard InChI is InChI=1S/C13H15Cl2N3S/c1-8-17-10(7-19-8)5-9(18-16)6-11-12(14)3-2-4-13(11)15/h2-4,7,9,18H,5-6,16H2,1H3. The van der Waals surface area contributed by atoms with Gasteiger partial charge in [-0.3, -0.25) is 11.3 Å². The minimum Gasteiger partial charge on any atom is -0.271 e. The summed E-state index contributed by atoms with van der Waals surface area (Å²) in [7, 11) is 0. The third kappa shape index (κ3) is 3.91. The highest BCUT2D eigenvalue weighted by Gasteiger charge is 2.14. The maximum absolute atomic E-state index is 6.17. The molecule has 0 aliphatic carbocycles. The number of aromatic nitrogens is 1. The van der Waals surface area contributed by atoms with Crippen molar-refractivity contribution in [1.29, 1.82) is 0 Å². The lowest BCUT2D eigenvalue weighted by atomic mass is 10.0. The third-order valence-corrected chi connectivity index (χ3v) is 4.40. The summed E-state index contributed by atoms with van der Waals surface area (Å²) in [4.78, 5) is 4.44. The molecule has 1 atom stereocenters. The van der Waals surface area contributed by atoms with Crippen LogP contribution in [-0.2, 0) is 12.8 Å². The number of halogens is 2. The first kappa shape index (κ1) is 14.8. The zero-order valence-corrected chi connectivity index (χ0v) is 12.8. The molecule has 3 nitrogen and oxygen atoms in total. The predicted octanol–water partition coefficient (Wildman–Crippen LogP) is 3.38. The Labute approximate surface area is 126 Å². The lowest BCUT2D eigenvalue weighted by Gasteiger charge is -2.16. The van der Waals surface area contributed by atoms with Crippen LogP contribution in [0.15, 0.2) is 23.6 Å². The van der Waals surface area contributed by atoms with Gasteiger partial charge in [-0.15, -0.1) is 11.3 Å². The molecule has 3 N–H and O–H groups in total. The van der Waals surface area contributed by atoms with Crippen LogP contribution in [0.1, 0.15) is 16.3 Å². The zero-order chi connectivity index (χ0) is 13.8. The molecule has 2 rings (SSSR count). The van der Waals surface area contributed by atoms with Gasteiger partial charge < -0.3 is 0 Å². The van der Waals surface area contributed by atoms with Gasteiger partial charge in [0.05, 0.1) is 10.7 Å². The van der Waals surface area contributed by atoms with E-state index < -0.39 is 0 Å². The molecule has 0 saturated carbocycles. The largest absolute Gasteiger partial charge is 0.271 e. The Morgan fingerprint density at radius 1 is 1.32 bits per heavy atom. The van der Waals surface area contributed by atoms with Gasteiger partial charge in [0.1, 0.15) is 0 Å². The summed E-state index contributed by atoms with van der Waals surface area (Å²) >= 11 is 14.0. The van der Waals surface area contributed by atoms with Gasteiger partial charge in [-0.2, -0.15) is 0 Å². The van der Waals surface area contributed by atoms with Crippen molar-refractivity contribution in [3.05, 3.63) is 49.9 Å². The Hall–Kier alpha value is -0.650. The summed E-state index contributed by atoms with van der Waals surface area (Å²) < 4.78 is 0. The van der Waals surface area contributed by atoms with Gasteiger partial charge in [-0.05, 0) is 31.0 Å². The molecule has 2 aromatic rings. The number of hydrogen-bond donors (Lipinski definition) is 2. The van der Waals surface area contributed by atoms with E-state index in [-0.39, 0.29) is 6.04 Å². The topological polar surface area (TPSA) is 50.9 Å². The highest BCUT2D eigenvalue weighted by Crippen LogP contribution is 2.26. The second-order valence-electron chi connectivity index (χ2n) is 4.33. The molecule has 0 amide bonds. The van der Waals surface area contributed by atoms with Crippen LogP contribution >= 0.6 is 34.5 Å². The molecular formula is C13H15Cl2N3S. The van der Waals surface area contributed by atoms with Crippen LogP contribution in [0, 0.1) is 6.92 Å². The number of thiazole rings is 1. The van der Waals surface area contributed by atoms with Gasteiger partial charge in [-0.1, -0.05) is 29.3 Å². The highest BCUT2D eigenvalue weighted by atomic mass is 35.5. The Kier molecular flexibility index (Phi) is 5.19. The van der Waals surface area contributed by atoms with Crippen LogP contribution in [0.25, 0.3) is 0 Å². The van der Waals surface area contributed by atoms with E-state index in [1.807, 2.05) is 30.5 Å². The lowest BCUT2D eigenvalue weighted by molar-refractivity contribution is 0.518. The number of hydrogen-bond acceptors (Lipinski definition) is 4. The number of nitrogens with two attached hydrogens (primary N) is 1. The third-order valence-electron chi connectivity index (χ3n) is 2.87. The summed E-state index contributed by atoms with van der Waals surface area (Å²) in [5, 5.41) is 4.44. The fourth-order valence-electron chi connectivity index (χ4n) is 1.92. The SMILES string of the molecule is Cc1nc(CC(Cc2c(Cl)cccc2Cl)NN)cs1. The predicted molar refractivity (Wildman–Crippen MR) is 81.8 cm³/mol. The molecule has 0 radical (unpaired) electrons. The first-order valence-corrected chi connectivity index (χ1v) is 7.53. The number of aryl methyl sites for hydroxylation is 1. The zero-order valence-electron chi connectivity index (χ0n) is 10.5. The number of nitrogens with one attached hydrogen (secondary N) is 1. The quantitative estimate of drug-likeness (QED) is 0.657. The van der Waals surface area contributed by atoms with Crippen molar-refractivity contribution in [3.8, 4) is 0 Å². The van der Waals surface area contributed by atoms with E-state index in [0.717, 1.165) is 22.7 Å². The van der Waals surface area contributed by atoms with E-state index in [9.17, 15) is 0 Å². The summed E-state index contributed by atoms with van der Waals surface area (Å²) in [6, 6.07) is 5.56. The molecule has 0 fully saturated rings. The molecule has 1 unspecified atom stereocenters. The van der Waals surface area contributed by atoms with Crippen LogP contribution in [0.2, 0.25) is 10.0 Å². The van der Waals surface area contributed by atoms with E-state index in [0.29, 0.717) is 16.5 Å². The normalized spacial score (nSPS) is 12.6. The second-order valence-corrected chi connectivity index (χ2v) is 6.21. The average molecular weight is 316 g/mol. The van der Waals surface area contributed by atoms with Crippen molar-refractivity contribution in [2.24, 2.45) is 5.84 Å². The molecule has 102 valence electrons. The van der Waals surface area contributed by atoms with Crippen LogP contribution in [0.3, 0.4) is 0 Å². The van der Waals surface area contributed by atoms with Crippen LogP contribution in [0.5, 0.6) is 0 Å². The van der Waals surface area contributed by atoms with Crippen LogP contribution in [0.4, 0.5) is 0 Å². The monoisotopic (exact) mass is 315 g/mol. The summed E-state index contributed by atoms with van der Waals surface area (Å²) in [6.07, 6.45) is 1.42. The average Bonchev–Trinajstić information content (AvgIpc) is 2.78. The van der Waals surface area contributed by atoms with Crippen molar-refractivity contribution in [2.45, 2.75) is 25.8 Å². The smallest absolute Gasteiger partial charge is 0.0897 e. The highest BCUT2D eigenvalue weighted by molar-refractivity contribution is 7.09. The Morgan fingerprint density at radius 3 is 2.53 bits per heavy atom. The molecule has 1 heterocycles. The van der Waals surface area contributed by atoms with E-state index in [2.05, 4.69) is 10.4 Å². The van der Waals surface area contributed by atoms with Crippen molar-refractivity contribution >= 4 is 34.5 Å². The molecule has 1 aromatic carbocycles. The van der Waals surface area contributed by atoms with Gasteiger partial charge in [0.2, 0.25) is 0 Å². The molecular weight excluding hydrogens is 301 g/mol. The van der Waals surface area contributed by atoms with E-state index in [4.69, 9.17) is 29.0 Å². The minimum absolute atomic E-state index is 0.0545. The summed E-state index contributed by atoms with van der Waals surface area (Å²) in [6.45, 7) is 1.99. The Bertz CT molecular complexity index is 536. The minimum atomic E-state index is 0.0545. The number of rotatable bonds is 5. The van der Waals surface area contributed by atoms with Crippen LogP contribution in [-0.4, -0.2) is 11.0 Å². The lowest BCUT2D eigenvalue weighted by Crippen LogP contribution is -2.38. The Morgan fingerprint density at radius 2 is 2.00 bits per heavy atom. The maximum Gasteiger partial charge on any atom is 0.0897 e. The molecule has 1 aromatic heterocycles. The molecule has 0 bridgehead atoms. The van der Waals surface area contributed by atoms with E-state index in [1.165, 1.54) is 0 Å². The fraction of sp³-hybridized carbons (Fsp3) is 0.308. The van der Waals surface area contributed by atoms with Crippen molar-refractivity contribution < 1.29 is 0 Å². The maximum atomic E-state index is 6.17. The van der Waals surface area contributed by atoms with E-state index >= 15 is 0 Å². The number of benzene rings is 1. The van der Waals surface area contributed by atoms with Gasteiger partial charge in [0.15, 0.2) is 0 Å². The van der Waals surface area contributed by atoms with Gasteiger partial charge >= 0.3 is 0 Å². The summed E-state index contributed by atoms with van der Waals surface area (Å²) in [5.74, 6) is 5.61. The van der Waals surface area contributed by atoms with Crippen molar-refractivity contribution in [3.63, 3.8) is 0 Å². The van der Waals surface area contributed by atoms with Crippen molar-refractivity contribution in [1.82, 2.24) is 10.4 Å². The number of nitrogens with zero attached hydrogens (tertiary/aromatic N) is 1. The van der Waals surface area contributed by atoms with E-state index in [1.54, 1.807) is 11.3 Å². The van der Waals surface area contributed by atoms with Gasteiger partial charge in [-0.25, -0.2) is 4.98 Å².